The molecule has 4 heteroatoms. The van der Waals surface area contributed by atoms with Crippen molar-refractivity contribution < 1.29 is 4.52 Å². The fraction of sp³-hybridized carbons (Fsp3) is 0.600. The third-order valence-corrected chi connectivity index (χ3v) is 1.89. The van der Waals surface area contributed by atoms with Gasteiger partial charge in [-0.15, -0.1) is 12.3 Å². The number of terminal acetylenes is 1. The number of hydrogen-bond donors (Lipinski definition) is 1. The Kier molecular flexibility index (Phi) is 4.14. The fourth-order valence-corrected chi connectivity index (χ4v) is 1.07. The van der Waals surface area contributed by atoms with E-state index in [1.54, 1.807) is 0 Å². The minimum atomic E-state index is -0.331. The zero-order valence-electron chi connectivity index (χ0n) is 8.36. The van der Waals surface area contributed by atoms with Crippen LogP contribution in [0.4, 0.5) is 0 Å². The topological polar surface area (TPSA) is 64.9 Å². The van der Waals surface area contributed by atoms with Crippen LogP contribution >= 0.6 is 0 Å². The Balaban J connectivity index is 2.54. The van der Waals surface area contributed by atoms with Crippen LogP contribution in [0.3, 0.4) is 0 Å². The molecule has 1 rings (SSSR count). The first-order valence-electron chi connectivity index (χ1n) is 4.79. The van der Waals surface area contributed by atoms with Crippen molar-refractivity contribution in [2.45, 2.75) is 38.6 Å². The second-order valence-electron chi connectivity index (χ2n) is 3.17. The minimum Gasteiger partial charge on any atom is -0.338 e. The van der Waals surface area contributed by atoms with Crippen LogP contribution in [-0.4, -0.2) is 10.1 Å². The predicted octanol–water partition coefficient (Wildman–Crippen LogP) is 1.44. The number of unbranched alkanes of at least 4 members (excludes halogenated alkanes) is 1. The Morgan fingerprint density at radius 3 is 3.07 bits per heavy atom. The molecule has 0 amide bonds. The van der Waals surface area contributed by atoms with Gasteiger partial charge < -0.3 is 10.3 Å². The van der Waals surface area contributed by atoms with Gasteiger partial charge in [-0.3, -0.25) is 0 Å². The number of rotatable bonds is 5. The first-order valence-corrected chi connectivity index (χ1v) is 4.79. The predicted molar refractivity (Wildman–Crippen MR) is 53.3 cm³/mol. The smallest absolute Gasteiger partial charge is 0.244 e. The van der Waals surface area contributed by atoms with Gasteiger partial charge in [0.25, 0.3) is 0 Å². The molecule has 1 unspecified atom stereocenters. The summed E-state index contributed by atoms with van der Waals surface area (Å²) < 4.78 is 4.99. The van der Waals surface area contributed by atoms with Crippen LogP contribution in [-0.2, 0) is 6.42 Å². The molecule has 0 fully saturated rings. The van der Waals surface area contributed by atoms with E-state index in [9.17, 15) is 0 Å². The lowest BCUT2D eigenvalue weighted by Gasteiger charge is -1.98. The number of hydrogen-bond acceptors (Lipinski definition) is 4. The molecular formula is C10H15N3O. The van der Waals surface area contributed by atoms with Gasteiger partial charge in [0.05, 0.1) is 6.04 Å². The van der Waals surface area contributed by atoms with E-state index < -0.39 is 0 Å². The van der Waals surface area contributed by atoms with E-state index in [1.165, 1.54) is 0 Å². The maximum absolute atomic E-state index is 5.71. The van der Waals surface area contributed by atoms with Gasteiger partial charge in [0.2, 0.25) is 5.89 Å². The van der Waals surface area contributed by atoms with Gasteiger partial charge in [-0.2, -0.15) is 4.98 Å². The van der Waals surface area contributed by atoms with Gasteiger partial charge in [-0.25, -0.2) is 0 Å². The van der Waals surface area contributed by atoms with Crippen molar-refractivity contribution in [1.82, 2.24) is 10.1 Å². The summed E-state index contributed by atoms with van der Waals surface area (Å²) in [4.78, 5) is 4.17. The summed E-state index contributed by atoms with van der Waals surface area (Å²) >= 11 is 0. The van der Waals surface area contributed by atoms with Crippen molar-refractivity contribution in [3.05, 3.63) is 11.7 Å². The van der Waals surface area contributed by atoms with Crippen molar-refractivity contribution in [2.24, 2.45) is 5.73 Å². The molecule has 2 N–H and O–H groups in total. The molecule has 14 heavy (non-hydrogen) atoms. The van der Waals surface area contributed by atoms with Crippen LogP contribution in [0, 0.1) is 12.3 Å². The fourth-order valence-electron chi connectivity index (χ4n) is 1.07. The zero-order chi connectivity index (χ0) is 10.4. The standard InChI is InChI=1S/C10H15N3O/c1-3-5-7-9-12-10(14-13-9)8(11)6-4-2/h2,8H,3,5-7,11H2,1H3. The summed E-state index contributed by atoms with van der Waals surface area (Å²) in [6.45, 7) is 2.12. The average molecular weight is 193 g/mol. The molecule has 0 aromatic carbocycles. The Morgan fingerprint density at radius 1 is 1.64 bits per heavy atom. The molecule has 0 spiro atoms. The van der Waals surface area contributed by atoms with E-state index in [4.69, 9.17) is 16.7 Å². The van der Waals surface area contributed by atoms with Gasteiger partial charge in [-0.1, -0.05) is 18.5 Å². The summed E-state index contributed by atoms with van der Waals surface area (Å²) in [6.07, 6.45) is 8.57. The second kappa shape index (κ2) is 5.40. The van der Waals surface area contributed by atoms with E-state index in [2.05, 4.69) is 23.0 Å². The van der Waals surface area contributed by atoms with Gasteiger partial charge in [0.1, 0.15) is 0 Å². The highest BCUT2D eigenvalue weighted by molar-refractivity contribution is 4.98. The van der Waals surface area contributed by atoms with E-state index in [1.807, 2.05) is 0 Å². The number of nitrogens with two attached hydrogens (primary N) is 1. The molecule has 4 nitrogen and oxygen atoms in total. The average Bonchev–Trinajstić information content (AvgIpc) is 2.63. The van der Waals surface area contributed by atoms with Crippen molar-refractivity contribution in [3.63, 3.8) is 0 Å². The quantitative estimate of drug-likeness (QED) is 0.718. The van der Waals surface area contributed by atoms with Crippen molar-refractivity contribution in [1.29, 1.82) is 0 Å². The van der Waals surface area contributed by atoms with Crippen LogP contribution in [0.25, 0.3) is 0 Å². The Labute approximate surface area is 83.9 Å². The molecule has 0 saturated heterocycles. The summed E-state index contributed by atoms with van der Waals surface area (Å²) in [5, 5.41) is 3.82. The van der Waals surface area contributed by atoms with Crippen molar-refractivity contribution in [2.75, 3.05) is 0 Å². The highest BCUT2D eigenvalue weighted by Gasteiger charge is 2.12. The summed E-state index contributed by atoms with van der Waals surface area (Å²) in [5.74, 6) is 3.62. The lowest BCUT2D eigenvalue weighted by atomic mass is 10.2. The summed E-state index contributed by atoms with van der Waals surface area (Å²) in [7, 11) is 0. The lowest BCUT2D eigenvalue weighted by molar-refractivity contribution is 0.352. The molecule has 0 bridgehead atoms. The van der Waals surface area contributed by atoms with Crippen LogP contribution in [0.1, 0.15) is 43.9 Å². The molecule has 1 heterocycles. The Morgan fingerprint density at radius 2 is 2.43 bits per heavy atom. The van der Waals surface area contributed by atoms with Gasteiger partial charge in [0, 0.05) is 12.8 Å². The number of aromatic nitrogens is 2. The van der Waals surface area contributed by atoms with Gasteiger partial charge >= 0.3 is 0 Å². The van der Waals surface area contributed by atoms with Crippen molar-refractivity contribution in [3.8, 4) is 12.3 Å². The largest absolute Gasteiger partial charge is 0.338 e. The molecule has 1 aromatic heterocycles. The maximum atomic E-state index is 5.71. The minimum absolute atomic E-state index is 0.331. The normalized spacial score (nSPS) is 12.4. The third-order valence-electron chi connectivity index (χ3n) is 1.89. The van der Waals surface area contributed by atoms with E-state index >= 15 is 0 Å². The molecule has 1 atom stereocenters. The first kappa shape index (κ1) is 10.7. The first-order chi connectivity index (χ1) is 6.77. The molecule has 0 saturated carbocycles. The van der Waals surface area contributed by atoms with Crippen LogP contribution in [0.5, 0.6) is 0 Å². The monoisotopic (exact) mass is 193 g/mol. The van der Waals surface area contributed by atoms with Gasteiger partial charge in [-0.05, 0) is 6.42 Å². The van der Waals surface area contributed by atoms with E-state index in [-0.39, 0.29) is 6.04 Å². The number of nitrogens with zero attached hydrogens (tertiary/aromatic N) is 2. The van der Waals surface area contributed by atoms with Crippen LogP contribution in [0.15, 0.2) is 4.52 Å². The molecular weight excluding hydrogens is 178 g/mol. The summed E-state index contributed by atoms with van der Waals surface area (Å²) in [5.41, 5.74) is 5.71. The molecule has 76 valence electrons. The molecule has 0 aliphatic heterocycles. The van der Waals surface area contributed by atoms with Crippen LogP contribution < -0.4 is 5.73 Å². The molecule has 0 radical (unpaired) electrons. The van der Waals surface area contributed by atoms with Gasteiger partial charge in [0.15, 0.2) is 5.82 Å². The number of aryl methyl sites for hydroxylation is 1. The maximum Gasteiger partial charge on any atom is 0.244 e. The van der Waals surface area contributed by atoms with Crippen molar-refractivity contribution >= 4 is 0 Å². The highest BCUT2D eigenvalue weighted by atomic mass is 16.5. The highest BCUT2D eigenvalue weighted by Crippen LogP contribution is 2.11. The molecule has 0 aliphatic rings. The molecule has 1 aromatic rings. The van der Waals surface area contributed by atoms with Crippen LogP contribution in [0.2, 0.25) is 0 Å². The molecule has 0 aliphatic carbocycles. The second-order valence-corrected chi connectivity index (χ2v) is 3.17. The van der Waals surface area contributed by atoms with E-state index in [0.29, 0.717) is 18.1 Å². The SMILES string of the molecule is C#CCC(N)c1nc(CCCC)no1. The lowest BCUT2D eigenvalue weighted by Crippen LogP contribution is -2.09. The Hall–Kier alpha value is -1.34. The zero-order valence-corrected chi connectivity index (χ0v) is 8.36. The Bertz CT molecular complexity index is 313. The van der Waals surface area contributed by atoms with E-state index in [0.717, 1.165) is 19.3 Å². The third kappa shape index (κ3) is 2.86. The summed E-state index contributed by atoms with van der Waals surface area (Å²) in [6, 6.07) is -0.331.